The Kier molecular flexibility index (Phi) is 4.45. The van der Waals surface area contributed by atoms with Gasteiger partial charge in [0.2, 0.25) is 0 Å². The summed E-state index contributed by atoms with van der Waals surface area (Å²) in [6.07, 6.45) is 2.88. The fourth-order valence-corrected chi connectivity index (χ4v) is 3.26. The van der Waals surface area contributed by atoms with Crippen molar-refractivity contribution >= 4 is 6.29 Å². The molecule has 0 bridgehead atoms. The Morgan fingerprint density at radius 3 is 2.60 bits per heavy atom. The van der Waals surface area contributed by atoms with Gasteiger partial charge in [0.1, 0.15) is 0 Å². The largest absolute Gasteiger partial charge is 0.355 e. The van der Waals surface area contributed by atoms with Crippen LogP contribution in [0.5, 0.6) is 0 Å². The van der Waals surface area contributed by atoms with E-state index in [1.807, 2.05) is 0 Å². The average Bonchev–Trinajstić information content (AvgIpc) is 2.98. The second-order valence-electron chi connectivity index (χ2n) is 5.63. The Bertz CT molecular complexity index is 429. The summed E-state index contributed by atoms with van der Waals surface area (Å²) in [4.78, 5) is 15.7. The Morgan fingerprint density at radius 1 is 1.15 bits per heavy atom. The molecule has 0 saturated carbocycles. The lowest BCUT2D eigenvalue weighted by Crippen LogP contribution is -2.47. The van der Waals surface area contributed by atoms with Gasteiger partial charge in [-0.05, 0) is 31.5 Å². The number of carbonyl (C=O) groups is 1. The third-order valence-electron chi connectivity index (χ3n) is 4.36. The molecule has 1 atom stereocenters. The molecule has 2 aliphatic heterocycles. The predicted octanol–water partition coefficient (Wildman–Crippen LogP) is 1.51. The fraction of sp³-hybridized carbons (Fsp3) is 0.562. The van der Waals surface area contributed by atoms with E-state index in [2.05, 4.69) is 40.1 Å². The van der Waals surface area contributed by atoms with E-state index >= 15 is 0 Å². The van der Waals surface area contributed by atoms with Gasteiger partial charge in [-0.1, -0.05) is 30.3 Å². The number of likely N-dealkylation sites (tertiary alicyclic amines) is 1. The predicted molar refractivity (Wildman–Crippen MR) is 77.3 cm³/mol. The highest BCUT2D eigenvalue weighted by atomic mass is 16.5. The van der Waals surface area contributed by atoms with Crippen molar-refractivity contribution in [2.45, 2.75) is 31.7 Å². The molecule has 2 fully saturated rings. The third kappa shape index (κ3) is 3.08. The van der Waals surface area contributed by atoms with Gasteiger partial charge in [0, 0.05) is 19.1 Å². The van der Waals surface area contributed by atoms with Gasteiger partial charge in [0.15, 0.2) is 12.5 Å². The van der Waals surface area contributed by atoms with Gasteiger partial charge in [-0.25, -0.2) is 0 Å². The zero-order chi connectivity index (χ0) is 13.8. The second-order valence-corrected chi connectivity index (χ2v) is 5.63. The minimum absolute atomic E-state index is 0.305. The van der Waals surface area contributed by atoms with Crippen molar-refractivity contribution in [2.75, 3.05) is 26.2 Å². The molecule has 1 aromatic carbocycles. The van der Waals surface area contributed by atoms with E-state index in [0.29, 0.717) is 12.6 Å². The van der Waals surface area contributed by atoms with Gasteiger partial charge in [0.25, 0.3) is 0 Å². The summed E-state index contributed by atoms with van der Waals surface area (Å²) < 4.78 is 5.43. The number of hydrogen-bond donors (Lipinski definition) is 0. The number of aldehydes is 1. The summed E-state index contributed by atoms with van der Waals surface area (Å²) in [5.41, 5.74) is 1.38. The van der Waals surface area contributed by atoms with Crippen LogP contribution in [0.3, 0.4) is 0 Å². The molecule has 1 unspecified atom stereocenters. The molecule has 0 aliphatic carbocycles. The van der Waals surface area contributed by atoms with Crippen molar-refractivity contribution in [3.63, 3.8) is 0 Å². The van der Waals surface area contributed by atoms with Crippen LogP contribution >= 0.6 is 0 Å². The minimum Gasteiger partial charge on any atom is -0.355 e. The van der Waals surface area contributed by atoms with Gasteiger partial charge in [0.05, 0.1) is 6.61 Å². The lowest BCUT2D eigenvalue weighted by molar-refractivity contribution is -0.123. The molecule has 20 heavy (non-hydrogen) atoms. The van der Waals surface area contributed by atoms with Gasteiger partial charge < -0.3 is 4.74 Å². The molecule has 108 valence electrons. The van der Waals surface area contributed by atoms with Crippen LogP contribution in [0.4, 0.5) is 0 Å². The highest BCUT2D eigenvalue weighted by Crippen LogP contribution is 2.22. The summed E-state index contributed by atoms with van der Waals surface area (Å²) in [6, 6.07) is 11.1. The van der Waals surface area contributed by atoms with Crippen molar-refractivity contribution in [1.29, 1.82) is 0 Å². The van der Waals surface area contributed by atoms with Gasteiger partial charge >= 0.3 is 0 Å². The van der Waals surface area contributed by atoms with Crippen LogP contribution in [0.15, 0.2) is 30.3 Å². The highest BCUT2D eigenvalue weighted by Gasteiger charge is 2.33. The molecule has 0 aromatic heterocycles. The Labute approximate surface area is 120 Å². The summed E-state index contributed by atoms with van der Waals surface area (Å²) in [6.45, 7) is 4.81. The molecule has 0 radical (unpaired) electrons. The Morgan fingerprint density at radius 2 is 1.90 bits per heavy atom. The normalized spacial score (nSPS) is 25.9. The van der Waals surface area contributed by atoms with Crippen LogP contribution in [-0.2, 0) is 16.1 Å². The van der Waals surface area contributed by atoms with Crippen molar-refractivity contribution in [3.8, 4) is 0 Å². The second kappa shape index (κ2) is 6.48. The number of nitrogens with zero attached hydrogens (tertiary/aromatic N) is 2. The Hall–Kier alpha value is -1.23. The van der Waals surface area contributed by atoms with E-state index in [-0.39, 0.29) is 6.23 Å². The van der Waals surface area contributed by atoms with E-state index in [4.69, 9.17) is 4.74 Å². The quantitative estimate of drug-likeness (QED) is 0.779. The molecule has 4 nitrogen and oxygen atoms in total. The molecular formula is C16H22N2O2. The van der Waals surface area contributed by atoms with E-state index < -0.39 is 0 Å². The SMILES string of the molecule is O=CC1OCCN1C1CCN(Cc2ccccc2)CC1. The van der Waals surface area contributed by atoms with E-state index in [1.165, 1.54) is 5.56 Å². The lowest BCUT2D eigenvalue weighted by Gasteiger charge is -2.37. The maximum atomic E-state index is 11.0. The third-order valence-corrected chi connectivity index (χ3v) is 4.36. The first-order valence-corrected chi connectivity index (χ1v) is 7.46. The van der Waals surface area contributed by atoms with Crippen molar-refractivity contribution in [1.82, 2.24) is 9.80 Å². The van der Waals surface area contributed by atoms with Gasteiger partial charge in [-0.2, -0.15) is 0 Å². The molecule has 4 heteroatoms. The van der Waals surface area contributed by atoms with Crippen LogP contribution in [0, 0.1) is 0 Å². The lowest BCUT2D eigenvalue weighted by atomic mass is 10.0. The molecule has 0 spiro atoms. The van der Waals surface area contributed by atoms with E-state index in [9.17, 15) is 4.79 Å². The molecule has 2 saturated heterocycles. The molecule has 0 amide bonds. The number of benzene rings is 1. The monoisotopic (exact) mass is 274 g/mol. The molecule has 2 heterocycles. The maximum Gasteiger partial charge on any atom is 0.167 e. The van der Waals surface area contributed by atoms with E-state index in [0.717, 1.165) is 45.3 Å². The standard InChI is InChI=1S/C16H22N2O2/c19-13-16-18(10-11-20-16)15-6-8-17(9-7-15)12-14-4-2-1-3-5-14/h1-5,13,15-16H,6-12H2. The van der Waals surface area contributed by atoms with Crippen molar-refractivity contribution in [2.24, 2.45) is 0 Å². The summed E-state index contributed by atoms with van der Waals surface area (Å²) in [5.74, 6) is 0. The number of rotatable bonds is 4. The number of carbonyl (C=O) groups excluding carboxylic acids is 1. The topological polar surface area (TPSA) is 32.8 Å². The summed E-state index contributed by atoms with van der Waals surface area (Å²) in [7, 11) is 0. The molecular weight excluding hydrogens is 252 g/mol. The minimum atomic E-state index is -0.305. The Balaban J connectivity index is 1.51. The molecule has 0 N–H and O–H groups in total. The maximum absolute atomic E-state index is 11.0. The van der Waals surface area contributed by atoms with Gasteiger partial charge in [-0.3, -0.25) is 14.6 Å². The van der Waals surface area contributed by atoms with E-state index in [1.54, 1.807) is 0 Å². The highest BCUT2D eigenvalue weighted by molar-refractivity contribution is 5.55. The number of ether oxygens (including phenoxy) is 1. The first-order chi connectivity index (χ1) is 9.86. The smallest absolute Gasteiger partial charge is 0.167 e. The van der Waals surface area contributed by atoms with Crippen LogP contribution in [0.2, 0.25) is 0 Å². The van der Waals surface area contributed by atoms with Gasteiger partial charge in [-0.15, -0.1) is 0 Å². The fourth-order valence-electron chi connectivity index (χ4n) is 3.26. The first-order valence-electron chi connectivity index (χ1n) is 7.46. The van der Waals surface area contributed by atoms with Crippen LogP contribution in [0.1, 0.15) is 18.4 Å². The van der Waals surface area contributed by atoms with Crippen LogP contribution in [0.25, 0.3) is 0 Å². The zero-order valence-corrected chi connectivity index (χ0v) is 11.8. The zero-order valence-electron chi connectivity index (χ0n) is 11.8. The van der Waals surface area contributed by atoms with Crippen LogP contribution < -0.4 is 0 Å². The van der Waals surface area contributed by atoms with Crippen molar-refractivity contribution in [3.05, 3.63) is 35.9 Å². The van der Waals surface area contributed by atoms with Crippen molar-refractivity contribution < 1.29 is 9.53 Å². The summed E-state index contributed by atoms with van der Waals surface area (Å²) in [5, 5.41) is 0. The molecule has 1 aromatic rings. The first kappa shape index (κ1) is 13.7. The van der Waals surface area contributed by atoms with Crippen LogP contribution in [-0.4, -0.2) is 54.6 Å². The molecule has 3 rings (SSSR count). The average molecular weight is 274 g/mol. The molecule has 2 aliphatic rings. The number of piperidine rings is 1. The number of hydrogen-bond acceptors (Lipinski definition) is 4. The summed E-state index contributed by atoms with van der Waals surface area (Å²) >= 11 is 0.